The normalized spacial score (nSPS) is 17.6. The number of carbonyl (C=O) groups excluding carboxylic acids is 2. The van der Waals surface area contributed by atoms with Crippen molar-refractivity contribution < 1.29 is 14.0 Å². The molecule has 0 unspecified atom stereocenters. The van der Waals surface area contributed by atoms with E-state index in [2.05, 4.69) is 27.6 Å². The molecule has 2 N–H and O–H groups in total. The molecule has 228 valence electrons. The van der Waals surface area contributed by atoms with Gasteiger partial charge in [-0.1, -0.05) is 43.9 Å². The van der Waals surface area contributed by atoms with Crippen molar-refractivity contribution in [2.24, 2.45) is 13.0 Å². The number of halogens is 1. The van der Waals surface area contributed by atoms with Crippen molar-refractivity contribution in [3.8, 4) is 0 Å². The number of hydrogen-bond donors (Lipinski definition) is 2. The number of unbranched alkanes of at least 4 members (excludes halogenated alkanes) is 3. The van der Waals surface area contributed by atoms with E-state index in [0.717, 1.165) is 55.1 Å². The van der Waals surface area contributed by atoms with Crippen molar-refractivity contribution in [3.05, 3.63) is 70.3 Å². The van der Waals surface area contributed by atoms with Crippen LogP contribution in [0.5, 0.6) is 0 Å². The topological polar surface area (TPSA) is 82.5 Å². The molecular weight excluding hydrogens is 531 g/mol. The molecule has 4 rings (SSSR count). The Bertz CT molecular complexity index is 1290. The molecular formula is C33H47FN6O2. The van der Waals surface area contributed by atoms with Crippen LogP contribution in [0.1, 0.15) is 87.2 Å². The van der Waals surface area contributed by atoms with E-state index in [9.17, 15) is 9.59 Å². The highest BCUT2D eigenvalue weighted by Gasteiger charge is 2.26. The summed E-state index contributed by atoms with van der Waals surface area (Å²) in [6.45, 7) is 10.3. The molecule has 2 aromatic rings. The van der Waals surface area contributed by atoms with Gasteiger partial charge in [-0.15, -0.1) is 0 Å². The lowest BCUT2D eigenvalue weighted by atomic mass is 9.93. The number of nitrogens with one attached hydrogen (secondary N) is 2. The quantitative estimate of drug-likeness (QED) is 0.331. The van der Waals surface area contributed by atoms with Gasteiger partial charge < -0.3 is 20.4 Å². The van der Waals surface area contributed by atoms with Gasteiger partial charge in [0.25, 0.3) is 5.91 Å². The van der Waals surface area contributed by atoms with Crippen LogP contribution in [-0.4, -0.2) is 57.6 Å². The van der Waals surface area contributed by atoms with Gasteiger partial charge in [0, 0.05) is 42.4 Å². The van der Waals surface area contributed by atoms with Crippen molar-refractivity contribution in [3.63, 3.8) is 0 Å². The lowest BCUT2D eigenvalue weighted by molar-refractivity contribution is -0.122. The Kier molecular flexibility index (Phi) is 11.3. The molecule has 1 aromatic heterocycles. The zero-order valence-corrected chi connectivity index (χ0v) is 25.7. The number of anilines is 1. The van der Waals surface area contributed by atoms with Gasteiger partial charge in [-0.05, 0) is 76.9 Å². The molecule has 1 aromatic carbocycles. The zero-order valence-electron chi connectivity index (χ0n) is 25.7. The minimum absolute atomic E-state index is 0.0453. The number of aromatic nitrogens is 2. The number of hydrogen-bond acceptors (Lipinski definition) is 5. The first-order chi connectivity index (χ1) is 20.3. The number of piperidine rings is 1. The molecule has 0 aliphatic carbocycles. The molecule has 1 saturated heterocycles. The Morgan fingerprint density at radius 3 is 2.67 bits per heavy atom. The molecule has 9 heteroatoms. The summed E-state index contributed by atoms with van der Waals surface area (Å²) in [5.74, 6) is 0.416. The zero-order chi connectivity index (χ0) is 30.1. The van der Waals surface area contributed by atoms with E-state index < -0.39 is 5.82 Å². The highest BCUT2D eigenvalue weighted by atomic mass is 19.1. The van der Waals surface area contributed by atoms with Crippen LogP contribution in [-0.2, 0) is 24.9 Å². The van der Waals surface area contributed by atoms with Gasteiger partial charge in [0.1, 0.15) is 11.6 Å². The van der Waals surface area contributed by atoms with Crippen LogP contribution in [0.25, 0.3) is 0 Å². The fourth-order valence-corrected chi connectivity index (χ4v) is 5.71. The lowest BCUT2D eigenvalue weighted by Gasteiger charge is -2.31. The van der Waals surface area contributed by atoms with Crippen LogP contribution in [0.4, 0.5) is 10.2 Å². The Balaban J connectivity index is 1.31. The summed E-state index contributed by atoms with van der Waals surface area (Å²) in [5, 5.41) is 10.6. The van der Waals surface area contributed by atoms with Crippen molar-refractivity contribution in [2.45, 2.75) is 78.8 Å². The lowest BCUT2D eigenvalue weighted by Crippen LogP contribution is -2.36. The number of likely N-dealkylation sites (tertiary alicyclic amines) is 1. The second kappa shape index (κ2) is 15.1. The molecule has 8 nitrogen and oxygen atoms in total. The molecule has 0 spiro atoms. The van der Waals surface area contributed by atoms with Gasteiger partial charge in [-0.25, -0.2) is 4.39 Å². The van der Waals surface area contributed by atoms with Crippen molar-refractivity contribution >= 4 is 17.6 Å². The Morgan fingerprint density at radius 1 is 1.17 bits per heavy atom. The second-order valence-corrected chi connectivity index (χ2v) is 11.8. The SMILES string of the molecule is C/C=C(C)\C=C1/CN(C(=O)c2ccc(CNC(=O)CC3CCN(CCCCCC)CC3)c(F)c2)Cc2cnn(C)c2N1. The number of rotatable bonds is 11. The number of benzene rings is 1. The predicted octanol–water partition coefficient (Wildman–Crippen LogP) is 5.78. The van der Waals surface area contributed by atoms with E-state index in [1.165, 1.54) is 31.7 Å². The van der Waals surface area contributed by atoms with Crippen molar-refractivity contribution in [2.75, 3.05) is 31.5 Å². The Hall–Kier alpha value is -3.46. The molecule has 0 bridgehead atoms. The second-order valence-electron chi connectivity index (χ2n) is 11.8. The molecule has 2 aliphatic heterocycles. The average Bonchev–Trinajstić information content (AvgIpc) is 3.21. The number of amides is 2. The van der Waals surface area contributed by atoms with Gasteiger partial charge >= 0.3 is 0 Å². The van der Waals surface area contributed by atoms with E-state index in [0.29, 0.717) is 31.0 Å². The maximum atomic E-state index is 15.1. The number of fused-ring (bicyclic) bond motifs is 1. The molecule has 3 heterocycles. The first-order valence-electron chi connectivity index (χ1n) is 15.5. The van der Waals surface area contributed by atoms with Crippen LogP contribution < -0.4 is 10.6 Å². The minimum atomic E-state index is -0.493. The van der Waals surface area contributed by atoms with Crippen molar-refractivity contribution in [1.82, 2.24) is 24.9 Å². The monoisotopic (exact) mass is 578 g/mol. The summed E-state index contributed by atoms with van der Waals surface area (Å²) >= 11 is 0. The molecule has 1 fully saturated rings. The average molecular weight is 579 g/mol. The number of allylic oxidation sites excluding steroid dienone is 3. The maximum absolute atomic E-state index is 15.1. The van der Waals surface area contributed by atoms with Gasteiger partial charge in [0.2, 0.25) is 5.91 Å². The standard InChI is InChI=1S/C33H47FN6O2/c1-5-7-8-9-14-39-15-12-25(13-16-39)18-31(41)35-20-27-11-10-26(19-30(27)34)33(42)40-22-28-21-36-38(4)32(28)37-29(23-40)17-24(3)6-2/h6,10-11,17,19,21,25,37H,5,7-9,12-16,18,20,22-23H2,1-4H3,(H,35,41)/b24-6-,29-17+. The minimum Gasteiger partial charge on any atom is -0.352 e. The summed E-state index contributed by atoms with van der Waals surface area (Å²) in [6.07, 6.45) is 13.4. The summed E-state index contributed by atoms with van der Waals surface area (Å²) in [5.41, 5.74) is 3.47. The molecule has 2 aliphatic rings. The van der Waals surface area contributed by atoms with Gasteiger partial charge in [0.15, 0.2) is 0 Å². The number of aryl methyl sites for hydroxylation is 1. The fraction of sp³-hybridized carbons (Fsp3) is 0.545. The summed E-state index contributed by atoms with van der Waals surface area (Å²) in [6, 6.07) is 4.53. The van der Waals surface area contributed by atoms with Crippen LogP contribution >= 0.6 is 0 Å². The highest BCUT2D eigenvalue weighted by molar-refractivity contribution is 5.94. The van der Waals surface area contributed by atoms with Gasteiger partial charge in [-0.3, -0.25) is 14.3 Å². The molecule has 2 amide bonds. The van der Waals surface area contributed by atoms with Crippen LogP contribution in [0.15, 0.2) is 47.8 Å². The Morgan fingerprint density at radius 2 is 1.95 bits per heavy atom. The summed E-state index contributed by atoms with van der Waals surface area (Å²) < 4.78 is 16.9. The van der Waals surface area contributed by atoms with E-state index in [1.54, 1.807) is 27.9 Å². The van der Waals surface area contributed by atoms with Crippen molar-refractivity contribution in [1.29, 1.82) is 0 Å². The third-order valence-corrected chi connectivity index (χ3v) is 8.45. The molecule has 0 atom stereocenters. The third kappa shape index (κ3) is 8.53. The fourth-order valence-electron chi connectivity index (χ4n) is 5.71. The maximum Gasteiger partial charge on any atom is 0.254 e. The third-order valence-electron chi connectivity index (χ3n) is 8.45. The van der Waals surface area contributed by atoms with Gasteiger partial charge in [0.05, 0.1) is 19.3 Å². The molecule has 0 radical (unpaired) electrons. The largest absolute Gasteiger partial charge is 0.352 e. The van der Waals surface area contributed by atoms with Crippen LogP contribution in [0, 0.1) is 11.7 Å². The molecule has 0 saturated carbocycles. The van der Waals surface area contributed by atoms with E-state index in [1.807, 2.05) is 33.0 Å². The van der Waals surface area contributed by atoms with Gasteiger partial charge in [-0.2, -0.15) is 5.10 Å². The summed E-state index contributed by atoms with van der Waals surface area (Å²) in [4.78, 5) is 30.4. The molecule has 42 heavy (non-hydrogen) atoms. The van der Waals surface area contributed by atoms with E-state index in [4.69, 9.17) is 0 Å². The van der Waals surface area contributed by atoms with Crippen LogP contribution in [0.2, 0.25) is 0 Å². The number of carbonyl (C=O) groups is 2. The summed E-state index contributed by atoms with van der Waals surface area (Å²) in [7, 11) is 1.86. The Labute approximate surface area is 250 Å². The van der Waals surface area contributed by atoms with E-state index in [-0.39, 0.29) is 23.9 Å². The van der Waals surface area contributed by atoms with Crippen LogP contribution in [0.3, 0.4) is 0 Å². The first kappa shape index (κ1) is 31.5. The number of nitrogens with zero attached hydrogens (tertiary/aromatic N) is 4. The predicted molar refractivity (Wildman–Crippen MR) is 165 cm³/mol. The smallest absolute Gasteiger partial charge is 0.254 e. The highest BCUT2D eigenvalue weighted by Crippen LogP contribution is 2.26. The first-order valence-corrected chi connectivity index (χ1v) is 15.5. The van der Waals surface area contributed by atoms with E-state index >= 15 is 4.39 Å².